The van der Waals surface area contributed by atoms with E-state index >= 15 is 0 Å². The normalized spacial score (nSPS) is 10.8. The van der Waals surface area contributed by atoms with Gasteiger partial charge < -0.3 is 10.3 Å². The van der Waals surface area contributed by atoms with Gasteiger partial charge in [-0.25, -0.2) is 19.0 Å². The Morgan fingerprint density at radius 1 is 1.13 bits per heavy atom. The predicted molar refractivity (Wildman–Crippen MR) is 114 cm³/mol. The molecule has 156 valence electrons. The van der Waals surface area contributed by atoms with Crippen LogP contribution < -0.4 is 10.9 Å². The van der Waals surface area contributed by atoms with E-state index in [0.717, 1.165) is 0 Å². The molecule has 2 heterocycles. The quantitative estimate of drug-likeness (QED) is 0.517. The van der Waals surface area contributed by atoms with Gasteiger partial charge in [0, 0.05) is 23.0 Å². The monoisotopic (exact) mass is 418 g/mol. The van der Waals surface area contributed by atoms with Crippen LogP contribution in [0, 0.1) is 12.7 Å². The van der Waals surface area contributed by atoms with E-state index in [1.165, 1.54) is 22.9 Å². The minimum Gasteiger partial charge on any atom is -0.319 e. The highest BCUT2D eigenvalue weighted by molar-refractivity contribution is 6.01. The molecule has 0 saturated carbocycles. The van der Waals surface area contributed by atoms with Gasteiger partial charge in [-0.1, -0.05) is 19.1 Å². The third kappa shape index (κ3) is 4.40. The van der Waals surface area contributed by atoms with Gasteiger partial charge in [0.05, 0.1) is 5.69 Å². The number of hydrogen-bond donors (Lipinski definition) is 2. The molecule has 4 aromatic rings. The molecule has 0 bridgehead atoms. The van der Waals surface area contributed by atoms with Crippen molar-refractivity contribution in [3.8, 4) is 17.1 Å². The molecule has 1 amide bonds. The molecule has 0 aliphatic heterocycles. The van der Waals surface area contributed by atoms with Crippen LogP contribution in [0.25, 0.3) is 17.1 Å². The second-order valence-corrected chi connectivity index (χ2v) is 6.84. The molecule has 0 fully saturated rings. The van der Waals surface area contributed by atoms with E-state index < -0.39 is 5.91 Å². The standard InChI is InChI=1S/C22H19FN6O2/c1-3-16-12-19(30)27-20(25-16)14-5-4-6-17(11-14)26-22(31)21-24-13(2)29(28-21)18-9-7-15(23)8-10-18/h4-12H,3H2,1-2H3,(H,26,31)(H,25,27,30). The van der Waals surface area contributed by atoms with E-state index in [4.69, 9.17) is 0 Å². The van der Waals surface area contributed by atoms with Crippen LogP contribution in [0.5, 0.6) is 0 Å². The Hall–Kier alpha value is -4.14. The number of amides is 1. The molecule has 31 heavy (non-hydrogen) atoms. The lowest BCUT2D eigenvalue weighted by molar-refractivity contribution is 0.101. The Labute approximate surface area is 176 Å². The first-order chi connectivity index (χ1) is 14.9. The van der Waals surface area contributed by atoms with Gasteiger partial charge in [0.2, 0.25) is 5.82 Å². The third-order valence-corrected chi connectivity index (χ3v) is 4.59. The Morgan fingerprint density at radius 2 is 1.90 bits per heavy atom. The van der Waals surface area contributed by atoms with Crippen molar-refractivity contribution in [1.29, 1.82) is 0 Å². The number of aromatic nitrogens is 5. The van der Waals surface area contributed by atoms with Crippen molar-refractivity contribution in [2.75, 3.05) is 5.32 Å². The van der Waals surface area contributed by atoms with Crippen molar-refractivity contribution in [2.45, 2.75) is 20.3 Å². The molecule has 0 spiro atoms. The highest BCUT2D eigenvalue weighted by atomic mass is 19.1. The largest absolute Gasteiger partial charge is 0.319 e. The summed E-state index contributed by atoms with van der Waals surface area (Å²) in [6, 6.07) is 14.2. The number of nitrogens with zero attached hydrogens (tertiary/aromatic N) is 4. The van der Waals surface area contributed by atoms with Crippen molar-refractivity contribution in [2.24, 2.45) is 0 Å². The van der Waals surface area contributed by atoms with Gasteiger partial charge in [-0.2, -0.15) is 0 Å². The molecule has 9 heteroatoms. The molecular formula is C22H19FN6O2. The van der Waals surface area contributed by atoms with E-state index in [-0.39, 0.29) is 17.2 Å². The maximum atomic E-state index is 13.2. The summed E-state index contributed by atoms with van der Waals surface area (Å²) in [4.78, 5) is 35.9. The van der Waals surface area contributed by atoms with Crippen LogP contribution in [0.3, 0.4) is 0 Å². The lowest BCUT2D eigenvalue weighted by atomic mass is 10.1. The number of carbonyl (C=O) groups excluding carboxylic acids is 1. The van der Waals surface area contributed by atoms with Gasteiger partial charge in [-0.3, -0.25) is 9.59 Å². The summed E-state index contributed by atoms with van der Waals surface area (Å²) in [6.45, 7) is 3.62. The molecular weight excluding hydrogens is 399 g/mol. The molecule has 0 unspecified atom stereocenters. The molecule has 0 radical (unpaired) electrons. The first kappa shape index (κ1) is 20.1. The fraction of sp³-hybridized carbons (Fsp3) is 0.136. The highest BCUT2D eigenvalue weighted by Gasteiger charge is 2.16. The van der Waals surface area contributed by atoms with Crippen molar-refractivity contribution < 1.29 is 9.18 Å². The zero-order chi connectivity index (χ0) is 22.0. The maximum absolute atomic E-state index is 13.2. The van der Waals surface area contributed by atoms with Crippen molar-refractivity contribution in [3.63, 3.8) is 0 Å². The number of aryl methyl sites for hydroxylation is 2. The van der Waals surface area contributed by atoms with E-state index in [0.29, 0.717) is 40.7 Å². The molecule has 8 nitrogen and oxygen atoms in total. The fourth-order valence-corrected chi connectivity index (χ4v) is 3.07. The topological polar surface area (TPSA) is 106 Å². The number of carbonyl (C=O) groups is 1. The number of hydrogen-bond acceptors (Lipinski definition) is 5. The number of halogens is 1. The van der Waals surface area contributed by atoms with Crippen molar-refractivity contribution in [1.82, 2.24) is 24.7 Å². The van der Waals surface area contributed by atoms with Gasteiger partial charge in [0.1, 0.15) is 17.5 Å². The van der Waals surface area contributed by atoms with E-state index in [1.807, 2.05) is 6.92 Å². The number of nitrogens with one attached hydrogen (secondary N) is 2. The summed E-state index contributed by atoms with van der Waals surface area (Å²) in [6.07, 6.45) is 0.634. The number of rotatable bonds is 5. The van der Waals surface area contributed by atoms with Gasteiger partial charge in [-0.05, 0) is 49.7 Å². The van der Waals surface area contributed by atoms with Gasteiger partial charge in [-0.15, -0.1) is 5.10 Å². The second kappa shape index (κ2) is 8.31. The lowest BCUT2D eigenvalue weighted by Gasteiger charge is -2.07. The summed E-state index contributed by atoms with van der Waals surface area (Å²) in [5, 5.41) is 6.99. The van der Waals surface area contributed by atoms with E-state index in [2.05, 4.69) is 25.4 Å². The van der Waals surface area contributed by atoms with Crippen molar-refractivity contribution in [3.05, 3.63) is 88.1 Å². The fourth-order valence-electron chi connectivity index (χ4n) is 3.07. The zero-order valence-electron chi connectivity index (χ0n) is 16.9. The predicted octanol–water partition coefficient (Wildman–Crippen LogP) is 3.28. The Kier molecular flexibility index (Phi) is 5.40. The van der Waals surface area contributed by atoms with Crippen LogP contribution in [0.2, 0.25) is 0 Å². The summed E-state index contributed by atoms with van der Waals surface area (Å²) in [5.41, 5.74) is 2.20. The Morgan fingerprint density at radius 3 is 2.65 bits per heavy atom. The van der Waals surface area contributed by atoms with Crippen LogP contribution >= 0.6 is 0 Å². The molecule has 0 aliphatic rings. The third-order valence-electron chi connectivity index (χ3n) is 4.59. The lowest BCUT2D eigenvalue weighted by Crippen LogP contribution is -2.14. The van der Waals surface area contributed by atoms with Crippen LogP contribution in [-0.4, -0.2) is 30.6 Å². The molecule has 0 saturated heterocycles. The zero-order valence-corrected chi connectivity index (χ0v) is 16.9. The molecule has 4 rings (SSSR count). The summed E-state index contributed by atoms with van der Waals surface area (Å²) in [5.74, 6) is 0.0370. The first-order valence-electron chi connectivity index (χ1n) is 9.64. The summed E-state index contributed by atoms with van der Waals surface area (Å²) < 4.78 is 14.6. The second-order valence-electron chi connectivity index (χ2n) is 6.84. The molecule has 2 aromatic heterocycles. The van der Waals surface area contributed by atoms with Crippen LogP contribution in [0.4, 0.5) is 10.1 Å². The van der Waals surface area contributed by atoms with Crippen LogP contribution in [0.15, 0.2) is 59.4 Å². The molecule has 2 aromatic carbocycles. The van der Waals surface area contributed by atoms with Gasteiger partial charge >= 0.3 is 0 Å². The Bertz CT molecular complexity index is 1310. The molecule has 2 N–H and O–H groups in total. The minimum atomic E-state index is -0.495. The van der Waals surface area contributed by atoms with E-state index in [1.54, 1.807) is 43.3 Å². The maximum Gasteiger partial charge on any atom is 0.295 e. The smallest absolute Gasteiger partial charge is 0.295 e. The number of benzene rings is 2. The molecule has 0 atom stereocenters. The number of aromatic amines is 1. The number of H-pyrrole nitrogens is 1. The number of anilines is 1. The van der Waals surface area contributed by atoms with Gasteiger partial charge in [0.15, 0.2) is 0 Å². The minimum absolute atomic E-state index is 0.0215. The van der Waals surface area contributed by atoms with Crippen molar-refractivity contribution >= 4 is 11.6 Å². The summed E-state index contributed by atoms with van der Waals surface area (Å²) in [7, 11) is 0. The van der Waals surface area contributed by atoms with Crippen LogP contribution in [-0.2, 0) is 6.42 Å². The SMILES string of the molecule is CCc1cc(=O)[nH]c(-c2cccc(NC(=O)c3nc(C)n(-c4ccc(F)cc4)n3)c2)n1. The molecule has 0 aliphatic carbocycles. The van der Waals surface area contributed by atoms with E-state index in [9.17, 15) is 14.0 Å². The average molecular weight is 418 g/mol. The summed E-state index contributed by atoms with van der Waals surface area (Å²) >= 11 is 0. The average Bonchev–Trinajstić information content (AvgIpc) is 3.16. The Balaban J connectivity index is 1.58. The highest BCUT2D eigenvalue weighted by Crippen LogP contribution is 2.19. The van der Waals surface area contributed by atoms with Crippen LogP contribution in [0.1, 0.15) is 29.1 Å². The first-order valence-corrected chi connectivity index (χ1v) is 9.64. The van der Waals surface area contributed by atoms with Gasteiger partial charge in [0.25, 0.3) is 11.5 Å².